The molecule has 0 aromatic carbocycles. The topological polar surface area (TPSA) is 102 Å². The van der Waals surface area contributed by atoms with Crippen LogP contribution < -0.4 is 5.32 Å². The van der Waals surface area contributed by atoms with Crippen LogP contribution >= 0.6 is 0 Å². The first kappa shape index (κ1) is 20.4. The highest BCUT2D eigenvalue weighted by atomic mass is 16.5. The largest absolute Gasteiger partial charge is 0.394 e. The average Bonchev–Trinajstić information content (AvgIpc) is 3.15. The maximum atomic E-state index is 12.3. The Balaban J connectivity index is 1.45. The number of nitrogens with zero attached hydrogens (tertiary/aromatic N) is 4. The molecule has 8 nitrogen and oxygen atoms in total. The Hall–Kier alpha value is -2.32. The summed E-state index contributed by atoms with van der Waals surface area (Å²) in [6.07, 6.45) is 9.71. The molecule has 1 saturated heterocycles. The zero-order valence-corrected chi connectivity index (χ0v) is 16.3. The molecule has 0 spiro atoms. The van der Waals surface area contributed by atoms with Crippen LogP contribution in [0.1, 0.15) is 43.9 Å². The van der Waals surface area contributed by atoms with Gasteiger partial charge in [-0.2, -0.15) is 0 Å². The second-order valence-corrected chi connectivity index (χ2v) is 7.28. The van der Waals surface area contributed by atoms with Gasteiger partial charge in [0.05, 0.1) is 30.9 Å². The lowest BCUT2D eigenvalue weighted by molar-refractivity contribution is -0.128. The lowest BCUT2D eigenvalue weighted by Gasteiger charge is -2.36. The Morgan fingerprint density at radius 3 is 3.07 bits per heavy atom. The number of aliphatic hydroxyl groups is 1. The number of pyridine rings is 1. The van der Waals surface area contributed by atoms with Crippen LogP contribution in [0.5, 0.6) is 0 Å². The lowest BCUT2D eigenvalue weighted by Crippen LogP contribution is -2.51. The number of amides is 1. The molecule has 28 heavy (non-hydrogen) atoms. The monoisotopic (exact) mass is 387 g/mol. The molecule has 1 fully saturated rings. The standard InChI is InChI=1S/C20H29N5O3/c1-2-4-16-13-25(24-23-16)10-8-17-6-7-18(19(14-26)28-17)22-20(27)11-15-5-3-9-21-12-15/h3,5,9,12-13,17-19,26H,2,4,6-8,10-11,14H2,1H3,(H,22,27)/t17-,18-,19+/m0/s1. The molecule has 3 heterocycles. The third-order valence-corrected chi connectivity index (χ3v) is 5.00. The minimum atomic E-state index is -0.386. The van der Waals surface area contributed by atoms with Gasteiger partial charge in [-0.15, -0.1) is 5.10 Å². The number of aliphatic hydroxyl groups excluding tert-OH is 1. The lowest BCUT2D eigenvalue weighted by atomic mass is 9.97. The first-order chi connectivity index (χ1) is 13.7. The second-order valence-electron chi connectivity index (χ2n) is 7.28. The Labute approximate surface area is 165 Å². The third kappa shape index (κ3) is 5.84. The fourth-order valence-corrected chi connectivity index (χ4v) is 3.55. The number of hydrogen-bond donors (Lipinski definition) is 2. The molecule has 2 aromatic heterocycles. The van der Waals surface area contributed by atoms with Crippen molar-refractivity contribution in [2.24, 2.45) is 0 Å². The van der Waals surface area contributed by atoms with E-state index >= 15 is 0 Å². The molecule has 3 atom stereocenters. The van der Waals surface area contributed by atoms with Gasteiger partial charge in [-0.05, 0) is 37.3 Å². The normalized spacial score (nSPS) is 22.1. The third-order valence-electron chi connectivity index (χ3n) is 5.00. The van der Waals surface area contributed by atoms with E-state index in [0.29, 0.717) is 0 Å². The molecule has 152 valence electrons. The van der Waals surface area contributed by atoms with Crippen LogP contribution in [0.4, 0.5) is 0 Å². The summed E-state index contributed by atoms with van der Waals surface area (Å²) in [5.41, 5.74) is 1.88. The summed E-state index contributed by atoms with van der Waals surface area (Å²) in [6.45, 7) is 2.74. The predicted molar refractivity (Wildman–Crippen MR) is 103 cm³/mol. The molecule has 0 unspecified atom stereocenters. The van der Waals surface area contributed by atoms with Gasteiger partial charge in [-0.3, -0.25) is 14.5 Å². The fraction of sp³-hybridized carbons (Fsp3) is 0.600. The highest BCUT2D eigenvalue weighted by molar-refractivity contribution is 5.78. The quantitative estimate of drug-likeness (QED) is 0.672. The SMILES string of the molecule is CCCc1cn(CC[C@@H]2CC[C@H](NC(=O)Cc3cccnc3)[C@@H](CO)O2)nn1. The molecule has 0 aliphatic carbocycles. The summed E-state index contributed by atoms with van der Waals surface area (Å²) < 4.78 is 7.89. The first-order valence-electron chi connectivity index (χ1n) is 10.0. The van der Waals surface area contributed by atoms with E-state index in [1.165, 1.54) is 0 Å². The van der Waals surface area contributed by atoms with Crippen molar-refractivity contribution in [1.29, 1.82) is 0 Å². The summed E-state index contributed by atoms with van der Waals surface area (Å²) in [7, 11) is 0. The van der Waals surface area contributed by atoms with Crippen molar-refractivity contribution < 1.29 is 14.6 Å². The highest BCUT2D eigenvalue weighted by Gasteiger charge is 2.31. The van der Waals surface area contributed by atoms with Crippen molar-refractivity contribution in [3.8, 4) is 0 Å². The van der Waals surface area contributed by atoms with E-state index in [-0.39, 0.29) is 37.2 Å². The number of aromatic nitrogens is 4. The number of nitrogens with one attached hydrogen (secondary N) is 1. The Morgan fingerprint density at radius 1 is 1.43 bits per heavy atom. The maximum Gasteiger partial charge on any atom is 0.224 e. The van der Waals surface area contributed by atoms with Crippen molar-refractivity contribution in [3.63, 3.8) is 0 Å². The van der Waals surface area contributed by atoms with Crippen molar-refractivity contribution in [3.05, 3.63) is 42.0 Å². The van der Waals surface area contributed by atoms with Crippen LogP contribution in [0.3, 0.4) is 0 Å². The second kappa shape index (κ2) is 10.3. The summed E-state index contributed by atoms with van der Waals surface area (Å²) in [6, 6.07) is 3.51. The maximum absolute atomic E-state index is 12.3. The van der Waals surface area contributed by atoms with Gasteiger partial charge in [-0.25, -0.2) is 0 Å². The van der Waals surface area contributed by atoms with E-state index in [1.54, 1.807) is 12.4 Å². The minimum absolute atomic E-state index is 0.0439. The fourth-order valence-electron chi connectivity index (χ4n) is 3.55. The Kier molecular flexibility index (Phi) is 7.50. The molecule has 2 N–H and O–H groups in total. The Bertz CT molecular complexity index is 736. The van der Waals surface area contributed by atoms with Gasteiger partial charge < -0.3 is 15.2 Å². The molecular formula is C20H29N5O3. The zero-order chi connectivity index (χ0) is 19.8. The molecule has 1 amide bonds. The first-order valence-corrected chi connectivity index (χ1v) is 10.0. The summed E-state index contributed by atoms with van der Waals surface area (Å²) in [4.78, 5) is 16.3. The van der Waals surface area contributed by atoms with Gasteiger partial charge in [0.25, 0.3) is 0 Å². The number of carbonyl (C=O) groups is 1. The highest BCUT2D eigenvalue weighted by Crippen LogP contribution is 2.22. The van der Waals surface area contributed by atoms with Gasteiger partial charge >= 0.3 is 0 Å². The van der Waals surface area contributed by atoms with Gasteiger partial charge in [-0.1, -0.05) is 24.6 Å². The van der Waals surface area contributed by atoms with Crippen molar-refractivity contribution in [1.82, 2.24) is 25.3 Å². The van der Waals surface area contributed by atoms with Crippen LogP contribution in [0.15, 0.2) is 30.7 Å². The molecule has 3 rings (SSSR count). The van der Waals surface area contributed by atoms with Gasteiger partial charge in [0.2, 0.25) is 5.91 Å². The molecule has 0 radical (unpaired) electrons. The van der Waals surface area contributed by atoms with Crippen LogP contribution in [0.2, 0.25) is 0 Å². The molecule has 1 aliphatic rings. The number of carbonyl (C=O) groups excluding carboxylic acids is 1. The van der Waals surface area contributed by atoms with E-state index in [9.17, 15) is 9.90 Å². The molecule has 1 aliphatic heterocycles. The van der Waals surface area contributed by atoms with E-state index in [2.05, 4.69) is 27.5 Å². The van der Waals surface area contributed by atoms with Crippen molar-refractivity contribution >= 4 is 5.91 Å². The summed E-state index contributed by atoms with van der Waals surface area (Å²) >= 11 is 0. The number of ether oxygens (including phenoxy) is 1. The van der Waals surface area contributed by atoms with Gasteiger partial charge in [0.15, 0.2) is 0 Å². The summed E-state index contributed by atoms with van der Waals surface area (Å²) in [5.74, 6) is -0.0791. The number of aryl methyl sites for hydroxylation is 2. The van der Waals surface area contributed by atoms with Crippen LogP contribution in [0, 0.1) is 0 Å². The van der Waals surface area contributed by atoms with Crippen LogP contribution in [-0.2, 0) is 28.9 Å². The van der Waals surface area contributed by atoms with Crippen LogP contribution in [-0.4, -0.2) is 55.8 Å². The van der Waals surface area contributed by atoms with Crippen molar-refractivity contribution in [2.75, 3.05) is 6.61 Å². The molecule has 2 aromatic rings. The number of rotatable bonds is 9. The number of hydrogen-bond acceptors (Lipinski definition) is 6. The summed E-state index contributed by atoms with van der Waals surface area (Å²) in [5, 5.41) is 21.0. The predicted octanol–water partition coefficient (Wildman–Crippen LogP) is 1.28. The van der Waals surface area contributed by atoms with Crippen molar-refractivity contribution in [2.45, 2.75) is 70.2 Å². The molecular weight excluding hydrogens is 358 g/mol. The minimum Gasteiger partial charge on any atom is -0.394 e. The van der Waals surface area contributed by atoms with E-state index in [4.69, 9.17) is 4.74 Å². The van der Waals surface area contributed by atoms with Crippen LogP contribution in [0.25, 0.3) is 0 Å². The molecule has 0 bridgehead atoms. The zero-order valence-electron chi connectivity index (χ0n) is 16.3. The van der Waals surface area contributed by atoms with E-state index in [1.807, 2.05) is 23.0 Å². The molecule has 8 heteroatoms. The van der Waals surface area contributed by atoms with E-state index in [0.717, 1.165) is 49.9 Å². The average molecular weight is 387 g/mol. The van der Waals surface area contributed by atoms with Gasteiger partial charge in [0.1, 0.15) is 6.10 Å². The smallest absolute Gasteiger partial charge is 0.224 e. The molecule has 0 saturated carbocycles. The van der Waals surface area contributed by atoms with E-state index < -0.39 is 0 Å². The van der Waals surface area contributed by atoms with Gasteiger partial charge in [0, 0.05) is 25.1 Å². The Morgan fingerprint density at radius 2 is 2.32 bits per heavy atom.